The molecule has 1 aliphatic heterocycles. The summed E-state index contributed by atoms with van der Waals surface area (Å²) in [6.07, 6.45) is 1.86. The highest BCUT2D eigenvalue weighted by Gasteiger charge is 2.24. The van der Waals surface area contributed by atoms with Crippen molar-refractivity contribution >= 4 is 33.3 Å². The number of nitrogens with zero attached hydrogens (tertiary/aromatic N) is 3. The highest BCUT2D eigenvalue weighted by molar-refractivity contribution is 7.89. The van der Waals surface area contributed by atoms with E-state index in [0.29, 0.717) is 23.1 Å². The number of rotatable bonds is 8. The van der Waals surface area contributed by atoms with Crippen molar-refractivity contribution < 1.29 is 17.9 Å². The third-order valence-electron chi connectivity index (χ3n) is 5.93. The van der Waals surface area contributed by atoms with E-state index in [2.05, 4.69) is 20.0 Å². The molecule has 0 atom stereocenters. The van der Waals surface area contributed by atoms with Crippen LogP contribution in [-0.4, -0.2) is 44.5 Å². The summed E-state index contributed by atoms with van der Waals surface area (Å²) in [5, 5.41) is 3.12. The predicted molar refractivity (Wildman–Crippen MR) is 141 cm³/mol. The number of benzene rings is 3. The molecule has 188 valence electrons. The first kappa shape index (κ1) is 24.4. The van der Waals surface area contributed by atoms with Crippen LogP contribution in [0.2, 0.25) is 0 Å². The third kappa shape index (κ3) is 5.45. The van der Waals surface area contributed by atoms with Crippen LogP contribution in [0.3, 0.4) is 0 Å². The monoisotopic (exact) mass is 515 g/mol. The molecule has 0 aliphatic carbocycles. The number of fused-ring (bicyclic) bond motifs is 3. The molecule has 1 aromatic heterocycles. The van der Waals surface area contributed by atoms with Crippen LogP contribution >= 0.6 is 0 Å². The van der Waals surface area contributed by atoms with Crippen LogP contribution in [-0.2, 0) is 21.2 Å². The molecule has 0 saturated heterocycles. The van der Waals surface area contributed by atoms with Gasteiger partial charge in [-0.3, -0.25) is 4.79 Å². The summed E-state index contributed by atoms with van der Waals surface area (Å²) in [5.74, 6) is 0.990. The lowest BCUT2D eigenvalue weighted by molar-refractivity contribution is -0.117. The van der Waals surface area contributed by atoms with E-state index in [1.807, 2.05) is 54.6 Å². The zero-order valence-corrected chi connectivity index (χ0v) is 20.9. The summed E-state index contributed by atoms with van der Waals surface area (Å²) in [6, 6.07) is 23.1. The number of nitrogens with one attached hydrogen (secondary N) is 2. The van der Waals surface area contributed by atoms with Gasteiger partial charge < -0.3 is 15.0 Å². The number of para-hydroxylation sites is 2. The third-order valence-corrected chi connectivity index (χ3v) is 7.40. The van der Waals surface area contributed by atoms with Gasteiger partial charge in [-0.05, 0) is 42.5 Å². The number of carbonyl (C=O) groups is 1. The number of hydrogen-bond acceptors (Lipinski definition) is 7. The Bertz CT molecular complexity index is 1530. The zero-order valence-electron chi connectivity index (χ0n) is 20.1. The van der Waals surface area contributed by atoms with Crippen LogP contribution in [0.1, 0.15) is 5.56 Å². The first-order valence-corrected chi connectivity index (χ1v) is 13.2. The van der Waals surface area contributed by atoms with Gasteiger partial charge in [0.25, 0.3) is 0 Å². The Labute approximate surface area is 215 Å². The second kappa shape index (κ2) is 10.4. The van der Waals surface area contributed by atoms with Crippen LogP contribution in [0.15, 0.2) is 90.0 Å². The number of carbonyl (C=O) groups excluding carboxylic acids is 1. The maximum absolute atomic E-state index is 12.6. The summed E-state index contributed by atoms with van der Waals surface area (Å²) >= 11 is 0. The van der Waals surface area contributed by atoms with Crippen LogP contribution in [0, 0.1) is 0 Å². The Hall–Kier alpha value is -4.28. The summed E-state index contributed by atoms with van der Waals surface area (Å²) in [5.41, 5.74) is 3.69. The van der Waals surface area contributed by atoms with Gasteiger partial charge in [0.05, 0.1) is 22.7 Å². The molecule has 0 fully saturated rings. The van der Waals surface area contributed by atoms with E-state index in [1.165, 1.54) is 12.1 Å². The van der Waals surface area contributed by atoms with Gasteiger partial charge in [-0.25, -0.2) is 23.1 Å². The fourth-order valence-corrected chi connectivity index (χ4v) is 5.02. The Morgan fingerprint density at radius 2 is 1.70 bits per heavy atom. The molecule has 37 heavy (non-hydrogen) atoms. The van der Waals surface area contributed by atoms with Gasteiger partial charge in [-0.15, -0.1) is 0 Å². The minimum atomic E-state index is -3.69. The first-order valence-electron chi connectivity index (χ1n) is 11.7. The topological polar surface area (TPSA) is 114 Å². The average Bonchev–Trinajstić information content (AvgIpc) is 3.02. The van der Waals surface area contributed by atoms with E-state index < -0.39 is 10.0 Å². The van der Waals surface area contributed by atoms with Crippen molar-refractivity contribution in [1.29, 1.82) is 0 Å². The largest absolute Gasteiger partial charge is 0.492 e. The molecule has 0 saturated carbocycles. The molecule has 3 aromatic carbocycles. The smallest absolute Gasteiger partial charge is 0.240 e. The van der Waals surface area contributed by atoms with Crippen molar-refractivity contribution in [3.63, 3.8) is 0 Å². The highest BCUT2D eigenvalue weighted by atomic mass is 32.2. The van der Waals surface area contributed by atoms with E-state index in [1.54, 1.807) is 30.3 Å². The fourth-order valence-electron chi connectivity index (χ4n) is 4.00. The van der Waals surface area contributed by atoms with Gasteiger partial charge >= 0.3 is 0 Å². The molecular formula is C27H25N5O4S. The van der Waals surface area contributed by atoms with Gasteiger partial charge in [0.2, 0.25) is 21.9 Å². The van der Waals surface area contributed by atoms with Crippen molar-refractivity contribution in [2.75, 3.05) is 30.4 Å². The quantitative estimate of drug-likeness (QED) is 0.344. The van der Waals surface area contributed by atoms with Gasteiger partial charge in [0.15, 0.2) is 0 Å². The van der Waals surface area contributed by atoms with E-state index in [-0.39, 0.29) is 30.4 Å². The molecular weight excluding hydrogens is 490 g/mol. The second-order valence-corrected chi connectivity index (χ2v) is 10.2. The number of aromatic nitrogens is 2. The fraction of sp³-hybridized carbons (Fsp3) is 0.148. The minimum absolute atomic E-state index is 0.0347. The lowest BCUT2D eigenvalue weighted by Crippen LogP contribution is -2.28. The Balaban J connectivity index is 1.27. The van der Waals surface area contributed by atoms with E-state index in [4.69, 9.17) is 4.74 Å². The molecule has 0 spiro atoms. The number of likely N-dealkylation sites (N-methyl/N-ethyl adjacent to an activating group) is 1. The number of hydrogen-bond donors (Lipinski definition) is 2. The van der Waals surface area contributed by atoms with Crippen molar-refractivity contribution in [2.45, 2.75) is 11.3 Å². The van der Waals surface area contributed by atoms with Crippen molar-refractivity contribution in [3.8, 4) is 17.0 Å². The zero-order chi connectivity index (χ0) is 25.8. The second-order valence-electron chi connectivity index (χ2n) is 8.42. The first-order chi connectivity index (χ1) is 17.9. The van der Waals surface area contributed by atoms with Crippen molar-refractivity contribution in [3.05, 3.63) is 90.6 Å². The molecule has 1 aliphatic rings. The number of anilines is 3. The summed E-state index contributed by atoms with van der Waals surface area (Å²) in [6.45, 7) is 0.350. The van der Waals surface area contributed by atoms with Crippen LogP contribution in [0.25, 0.3) is 11.3 Å². The maximum atomic E-state index is 12.6. The SMILES string of the molecule is CN1C(=O)Cc2cnc(Nc3ccc(S(=O)(=O)NCCOc4ccccc4)cc3)nc2-c2ccccc21. The number of amides is 1. The summed E-state index contributed by atoms with van der Waals surface area (Å²) in [4.78, 5) is 23.4. The Morgan fingerprint density at radius 3 is 2.49 bits per heavy atom. The van der Waals surface area contributed by atoms with Gasteiger partial charge in [0, 0.05) is 36.6 Å². The van der Waals surface area contributed by atoms with E-state index in [0.717, 1.165) is 16.8 Å². The molecule has 0 bridgehead atoms. The van der Waals surface area contributed by atoms with Crippen LogP contribution < -0.4 is 19.7 Å². The van der Waals surface area contributed by atoms with Crippen LogP contribution in [0.4, 0.5) is 17.3 Å². The molecule has 5 rings (SSSR count). The Morgan fingerprint density at radius 1 is 0.973 bits per heavy atom. The Kier molecular flexibility index (Phi) is 6.85. The van der Waals surface area contributed by atoms with E-state index >= 15 is 0 Å². The lowest BCUT2D eigenvalue weighted by atomic mass is 10.1. The van der Waals surface area contributed by atoms with Crippen LogP contribution in [0.5, 0.6) is 5.75 Å². The van der Waals surface area contributed by atoms with Gasteiger partial charge in [0.1, 0.15) is 12.4 Å². The normalized spacial score (nSPS) is 12.9. The predicted octanol–water partition coefficient (Wildman–Crippen LogP) is 3.76. The van der Waals surface area contributed by atoms with Gasteiger partial charge in [-0.1, -0.05) is 36.4 Å². The maximum Gasteiger partial charge on any atom is 0.240 e. The average molecular weight is 516 g/mol. The lowest BCUT2D eigenvalue weighted by Gasteiger charge is -2.16. The molecule has 2 heterocycles. The molecule has 4 aromatic rings. The summed E-state index contributed by atoms with van der Waals surface area (Å²) in [7, 11) is -1.94. The molecule has 1 amide bonds. The number of sulfonamides is 1. The van der Waals surface area contributed by atoms with Crippen molar-refractivity contribution in [1.82, 2.24) is 14.7 Å². The standard InChI is InChI=1S/C27H25N5O4S/c1-32-24-10-6-5-9-23(24)26-19(17-25(32)33)18-28-27(31-26)30-20-11-13-22(14-12-20)37(34,35)29-15-16-36-21-7-3-2-4-8-21/h2-14,18,29H,15-17H2,1H3,(H,28,30,31). The molecule has 0 unspecified atom stereocenters. The summed E-state index contributed by atoms with van der Waals surface area (Å²) < 4.78 is 33.3. The molecule has 9 nitrogen and oxygen atoms in total. The highest BCUT2D eigenvalue weighted by Crippen LogP contribution is 2.35. The molecule has 10 heteroatoms. The molecule has 2 N–H and O–H groups in total. The van der Waals surface area contributed by atoms with Gasteiger partial charge in [-0.2, -0.15) is 0 Å². The minimum Gasteiger partial charge on any atom is -0.492 e. The van der Waals surface area contributed by atoms with E-state index in [9.17, 15) is 13.2 Å². The molecule has 0 radical (unpaired) electrons. The van der Waals surface area contributed by atoms with Crippen molar-refractivity contribution in [2.24, 2.45) is 0 Å². The number of ether oxygens (including phenoxy) is 1.